The highest BCUT2D eigenvalue weighted by Crippen LogP contribution is 2.28. The van der Waals surface area contributed by atoms with E-state index in [9.17, 15) is 4.79 Å². The normalized spacial score (nSPS) is 16.7. The molecule has 0 aromatic carbocycles. The average molecular weight is 419 g/mol. The second-order valence-corrected chi connectivity index (χ2v) is 6.92. The molecule has 2 atom stereocenters. The van der Waals surface area contributed by atoms with Crippen LogP contribution in [0.5, 0.6) is 5.88 Å². The molecule has 30 heavy (non-hydrogen) atoms. The van der Waals surface area contributed by atoms with Crippen LogP contribution >= 0.6 is 0 Å². The predicted octanol–water partition coefficient (Wildman–Crippen LogP) is 2.53. The summed E-state index contributed by atoms with van der Waals surface area (Å²) >= 11 is 0. The van der Waals surface area contributed by atoms with Crippen molar-refractivity contribution in [2.75, 3.05) is 40.1 Å². The van der Waals surface area contributed by atoms with E-state index >= 15 is 0 Å². The molecular weight excluding hydrogens is 390 g/mol. The highest BCUT2D eigenvalue weighted by Gasteiger charge is 2.29. The van der Waals surface area contributed by atoms with Crippen LogP contribution < -0.4 is 4.74 Å². The zero-order valence-corrected chi connectivity index (χ0v) is 17.8. The van der Waals surface area contributed by atoms with Gasteiger partial charge < -0.3 is 28.2 Å². The van der Waals surface area contributed by atoms with Gasteiger partial charge in [-0.25, -0.2) is 0 Å². The van der Waals surface area contributed by atoms with Crippen molar-refractivity contribution in [3.05, 3.63) is 11.8 Å². The number of hydrogen-bond acceptors (Lipinski definition) is 8. The van der Waals surface area contributed by atoms with E-state index in [0.29, 0.717) is 19.0 Å². The Morgan fingerprint density at radius 1 is 1.23 bits per heavy atom. The molecule has 0 bridgehead atoms. The van der Waals surface area contributed by atoms with Gasteiger partial charge in [0.05, 0.1) is 20.3 Å². The number of carbonyl (C=O) groups excluding carboxylic acids is 1. The van der Waals surface area contributed by atoms with E-state index in [2.05, 4.69) is 28.8 Å². The molecule has 1 aromatic heterocycles. The third-order valence-electron chi connectivity index (χ3n) is 4.31. The predicted molar refractivity (Wildman–Crippen MR) is 108 cm³/mol. The second-order valence-electron chi connectivity index (χ2n) is 6.92. The zero-order chi connectivity index (χ0) is 21.6. The quantitative estimate of drug-likeness (QED) is 0.325. The first-order valence-electron chi connectivity index (χ1n) is 10.1. The minimum Gasteiger partial charge on any atom is -0.468 e. The Labute approximate surface area is 177 Å². The van der Waals surface area contributed by atoms with Crippen LogP contribution in [0.4, 0.5) is 0 Å². The largest absolute Gasteiger partial charge is 0.468 e. The first-order valence-corrected chi connectivity index (χ1v) is 10.1. The summed E-state index contributed by atoms with van der Waals surface area (Å²) in [4.78, 5) is 11.9. The Morgan fingerprint density at radius 2 is 2.03 bits per heavy atom. The van der Waals surface area contributed by atoms with Crippen molar-refractivity contribution in [3.63, 3.8) is 0 Å². The van der Waals surface area contributed by atoms with Crippen molar-refractivity contribution >= 4 is 5.97 Å². The number of esters is 1. The number of aromatic nitrogens is 1. The lowest BCUT2D eigenvalue weighted by Crippen LogP contribution is -2.23. The number of carbonyl (C=O) groups is 1. The van der Waals surface area contributed by atoms with E-state index in [0.717, 1.165) is 25.9 Å². The van der Waals surface area contributed by atoms with Gasteiger partial charge >= 0.3 is 5.97 Å². The Kier molecular flexibility index (Phi) is 10.8. The van der Waals surface area contributed by atoms with Crippen molar-refractivity contribution < 1.29 is 33.0 Å². The second kappa shape index (κ2) is 13.7. The van der Waals surface area contributed by atoms with E-state index in [1.165, 1.54) is 7.11 Å². The number of hydrogen-bond donors (Lipinski definition) is 0. The molecule has 2 rings (SSSR count). The van der Waals surface area contributed by atoms with Crippen molar-refractivity contribution in [3.8, 4) is 29.6 Å². The summed E-state index contributed by atoms with van der Waals surface area (Å²) in [6.45, 7) is 5.89. The van der Waals surface area contributed by atoms with Gasteiger partial charge in [0.25, 0.3) is 5.88 Å². The molecule has 8 heteroatoms. The van der Waals surface area contributed by atoms with Crippen LogP contribution in [-0.2, 0) is 23.7 Å². The Hall–Kier alpha value is -2.52. The lowest BCUT2D eigenvalue weighted by atomic mass is 9.93. The van der Waals surface area contributed by atoms with Gasteiger partial charge in [-0.1, -0.05) is 19.8 Å². The van der Waals surface area contributed by atoms with E-state index in [1.807, 2.05) is 13.8 Å². The van der Waals surface area contributed by atoms with Crippen LogP contribution in [0.1, 0.15) is 44.8 Å². The van der Waals surface area contributed by atoms with E-state index in [4.69, 9.17) is 28.2 Å². The van der Waals surface area contributed by atoms with E-state index in [-0.39, 0.29) is 37.3 Å². The molecule has 0 saturated carbocycles. The molecule has 0 amide bonds. The lowest BCUT2D eigenvalue weighted by molar-refractivity contribution is -0.168. The molecule has 0 radical (unpaired) electrons. The van der Waals surface area contributed by atoms with Crippen molar-refractivity contribution in [1.29, 1.82) is 0 Å². The summed E-state index contributed by atoms with van der Waals surface area (Å²) < 4.78 is 31.8. The minimum absolute atomic E-state index is 0.00249. The van der Waals surface area contributed by atoms with Gasteiger partial charge in [0, 0.05) is 12.7 Å². The van der Waals surface area contributed by atoms with Crippen LogP contribution in [0, 0.1) is 29.6 Å². The van der Waals surface area contributed by atoms with Gasteiger partial charge in [0.2, 0.25) is 0 Å². The third kappa shape index (κ3) is 8.46. The summed E-state index contributed by atoms with van der Waals surface area (Å²) in [5.41, 5.74) is 0. The molecule has 0 aliphatic carbocycles. The van der Waals surface area contributed by atoms with Crippen LogP contribution in [0.3, 0.4) is 0 Å². The van der Waals surface area contributed by atoms with E-state index < -0.39 is 5.92 Å². The van der Waals surface area contributed by atoms with Crippen molar-refractivity contribution in [2.45, 2.75) is 45.3 Å². The first-order chi connectivity index (χ1) is 14.6. The monoisotopic (exact) mass is 419 g/mol. The Morgan fingerprint density at radius 3 is 2.73 bits per heavy atom. The third-order valence-corrected chi connectivity index (χ3v) is 4.31. The highest BCUT2D eigenvalue weighted by molar-refractivity contribution is 5.77. The summed E-state index contributed by atoms with van der Waals surface area (Å²) in [5.74, 6) is 10.7. The smallest absolute Gasteiger partial charge is 0.316 e. The van der Waals surface area contributed by atoms with E-state index in [1.54, 1.807) is 6.07 Å². The molecule has 1 aliphatic heterocycles. The van der Waals surface area contributed by atoms with Crippen molar-refractivity contribution in [2.24, 2.45) is 5.92 Å². The SMILES string of the molecule is COC(=O)C(c1cc(OCC#CC#CCOCCOC2CCCCO2)no1)C(C)C. The average Bonchev–Trinajstić information content (AvgIpc) is 3.20. The first kappa shape index (κ1) is 23.8. The molecule has 2 heterocycles. The number of rotatable bonds is 10. The Balaban J connectivity index is 1.60. The summed E-state index contributed by atoms with van der Waals surface area (Å²) in [7, 11) is 1.34. The molecule has 2 unspecified atom stereocenters. The summed E-state index contributed by atoms with van der Waals surface area (Å²) in [6.07, 6.45) is 3.09. The fraction of sp³-hybridized carbons (Fsp3) is 0.636. The molecule has 0 spiro atoms. The number of nitrogens with zero attached hydrogens (tertiary/aromatic N) is 1. The van der Waals surface area contributed by atoms with Gasteiger partial charge in [-0.05, 0) is 48.1 Å². The van der Waals surface area contributed by atoms with Crippen LogP contribution in [0.25, 0.3) is 0 Å². The maximum Gasteiger partial charge on any atom is 0.316 e. The minimum atomic E-state index is -0.530. The molecule has 1 aromatic rings. The summed E-state index contributed by atoms with van der Waals surface area (Å²) in [5, 5.41) is 3.80. The van der Waals surface area contributed by atoms with Gasteiger partial charge in [-0.15, -0.1) is 0 Å². The van der Waals surface area contributed by atoms with Crippen LogP contribution in [0.15, 0.2) is 10.6 Å². The number of methoxy groups -OCH3 is 1. The lowest BCUT2D eigenvalue weighted by Gasteiger charge is -2.22. The molecular formula is C22H29NO7. The van der Waals surface area contributed by atoms with Crippen LogP contribution in [0.2, 0.25) is 0 Å². The highest BCUT2D eigenvalue weighted by atomic mass is 16.7. The standard InChI is InChI=1S/C22H29NO7/c1-17(2)21(22(24)25-3)18-16-19(23-30-18)27-12-8-5-4-7-11-26-14-15-29-20-10-6-9-13-28-20/h16-17,20-21H,6,9-15H2,1-3H3. The molecule has 164 valence electrons. The molecule has 0 N–H and O–H groups in total. The van der Waals surface area contributed by atoms with Crippen LogP contribution in [-0.4, -0.2) is 57.6 Å². The van der Waals surface area contributed by atoms with Gasteiger partial charge in [-0.3, -0.25) is 4.79 Å². The molecule has 1 aliphatic rings. The van der Waals surface area contributed by atoms with Gasteiger partial charge in [0.1, 0.15) is 12.5 Å². The maximum absolute atomic E-state index is 11.9. The zero-order valence-electron chi connectivity index (χ0n) is 17.8. The topological polar surface area (TPSA) is 89.3 Å². The van der Waals surface area contributed by atoms with Gasteiger partial charge in [0.15, 0.2) is 18.7 Å². The molecule has 8 nitrogen and oxygen atoms in total. The maximum atomic E-state index is 11.9. The Bertz CT molecular complexity index is 760. The fourth-order valence-electron chi connectivity index (χ4n) is 2.81. The molecule has 1 saturated heterocycles. The van der Waals surface area contributed by atoms with Gasteiger partial charge in [-0.2, -0.15) is 0 Å². The van der Waals surface area contributed by atoms with Crippen molar-refractivity contribution in [1.82, 2.24) is 5.16 Å². The number of ether oxygens (including phenoxy) is 5. The summed E-state index contributed by atoms with van der Waals surface area (Å²) in [6, 6.07) is 1.57. The molecule has 1 fully saturated rings. The fourth-order valence-corrected chi connectivity index (χ4v) is 2.81.